The molecule has 0 saturated carbocycles. The van der Waals surface area contributed by atoms with E-state index in [1.165, 1.54) is 0 Å². The fourth-order valence-electron chi connectivity index (χ4n) is 2.22. The van der Waals surface area contributed by atoms with E-state index < -0.39 is 0 Å². The van der Waals surface area contributed by atoms with Crippen molar-refractivity contribution >= 4 is 5.91 Å². The van der Waals surface area contributed by atoms with Gasteiger partial charge in [0.15, 0.2) is 0 Å². The molecule has 1 aliphatic heterocycles. The maximum absolute atomic E-state index is 11.8. The number of morpholine rings is 1. The largest absolute Gasteiger partial charge is 0.496 e. The van der Waals surface area contributed by atoms with Crippen molar-refractivity contribution in [3.8, 4) is 5.75 Å². The first-order valence-corrected chi connectivity index (χ1v) is 6.98. The third-order valence-corrected chi connectivity index (χ3v) is 3.43. The summed E-state index contributed by atoms with van der Waals surface area (Å²) in [5.41, 5.74) is 0.995. The normalized spacial score (nSPS) is 15.8. The molecular formula is C15H22N2O3. The van der Waals surface area contributed by atoms with Crippen molar-refractivity contribution in [3.63, 3.8) is 0 Å². The highest BCUT2D eigenvalue weighted by molar-refractivity contribution is 5.76. The number of carbonyl (C=O) groups is 1. The van der Waals surface area contributed by atoms with Gasteiger partial charge >= 0.3 is 0 Å². The predicted molar refractivity (Wildman–Crippen MR) is 76.7 cm³/mol. The lowest BCUT2D eigenvalue weighted by atomic mass is 10.2. The second kappa shape index (κ2) is 7.87. The van der Waals surface area contributed by atoms with Crippen LogP contribution in [-0.4, -0.2) is 50.8 Å². The Morgan fingerprint density at radius 2 is 2.10 bits per heavy atom. The van der Waals surface area contributed by atoms with Gasteiger partial charge in [-0.3, -0.25) is 9.69 Å². The van der Waals surface area contributed by atoms with Gasteiger partial charge in [0.1, 0.15) is 5.75 Å². The molecule has 1 saturated heterocycles. The summed E-state index contributed by atoms with van der Waals surface area (Å²) in [4.78, 5) is 14.1. The molecule has 1 aromatic carbocycles. The molecule has 0 aromatic heterocycles. The van der Waals surface area contributed by atoms with Crippen molar-refractivity contribution in [3.05, 3.63) is 29.8 Å². The monoisotopic (exact) mass is 278 g/mol. The molecule has 0 unspecified atom stereocenters. The van der Waals surface area contributed by atoms with Gasteiger partial charge in [0.05, 0.1) is 20.3 Å². The molecule has 1 aliphatic rings. The van der Waals surface area contributed by atoms with Crippen LogP contribution in [0.1, 0.15) is 12.0 Å². The minimum atomic E-state index is 0.0717. The lowest BCUT2D eigenvalue weighted by molar-refractivity contribution is -0.121. The van der Waals surface area contributed by atoms with Gasteiger partial charge in [0.2, 0.25) is 5.91 Å². The minimum Gasteiger partial charge on any atom is -0.496 e. The summed E-state index contributed by atoms with van der Waals surface area (Å²) >= 11 is 0. The van der Waals surface area contributed by atoms with Crippen LogP contribution in [0, 0.1) is 0 Å². The van der Waals surface area contributed by atoms with Crippen LogP contribution < -0.4 is 10.1 Å². The molecular weight excluding hydrogens is 256 g/mol. The van der Waals surface area contributed by atoms with Crippen LogP contribution in [-0.2, 0) is 16.1 Å². The molecule has 5 heteroatoms. The van der Waals surface area contributed by atoms with Crippen LogP contribution in [0.25, 0.3) is 0 Å². The number of nitrogens with zero attached hydrogens (tertiary/aromatic N) is 1. The highest BCUT2D eigenvalue weighted by Gasteiger charge is 2.12. The molecule has 110 valence electrons. The summed E-state index contributed by atoms with van der Waals surface area (Å²) < 4.78 is 10.5. The highest BCUT2D eigenvalue weighted by atomic mass is 16.5. The number of para-hydroxylation sites is 1. The first kappa shape index (κ1) is 14.8. The number of nitrogens with one attached hydrogen (secondary N) is 1. The van der Waals surface area contributed by atoms with Gasteiger partial charge in [-0.15, -0.1) is 0 Å². The van der Waals surface area contributed by atoms with Crippen molar-refractivity contribution in [2.75, 3.05) is 40.0 Å². The molecule has 0 bridgehead atoms. The Morgan fingerprint density at radius 3 is 2.85 bits per heavy atom. The summed E-state index contributed by atoms with van der Waals surface area (Å²) in [6.45, 7) is 4.66. The second-order valence-corrected chi connectivity index (χ2v) is 4.79. The number of hydrogen-bond donors (Lipinski definition) is 1. The summed E-state index contributed by atoms with van der Waals surface area (Å²) in [6, 6.07) is 7.72. The van der Waals surface area contributed by atoms with Crippen LogP contribution in [0.5, 0.6) is 5.75 Å². The van der Waals surface area contributed by atoms with Crippen LogP contribution in [0.4, 0.5) is 0 Å². The molecule has 1 aromatic rings. The zero-order valence-electron chi connectivity index (χ0n) is 11.9. The molecule has 0 atom stereocenters. The van der Waals surface area contributed by atoms with Gasteiger partial charge in [-0.25, -0.2) is 0 Å². The van der Waals surface area contributed by atoms with E-state index in [1.807, 2.05) is 24.3 Å². The van der Waals surface area contributed by atoms with E-state index in [9.17, 15) is 4.79 Å². The average Bonchev–Trinajstić information content (AvgIpc) is 2.52. The standard InChI is InChI=1S/C15H22N2O3/c1-19-14-5-3-2-4-13(14)12-16-15(18)6-7-17-8-10-20-11-9-17/h2-5H,6-12H2,1H3,(H,16,18). The molecule has 2 rings (SSSR count). The van der Waals surface area contributed by atoms with E-state index in [0.29, 0.717) is 13.0 Å². The zero-order valence-corrected chi connectivity index (χ0v) is 11.9. The van der Waals surface area contributed by atoms with Gasteiger partial charge in [-0.05, 0) is 6.07 Å². The molecule has 1 N–H and O–H groups in total. The number of carbonyl (C=O) groups excluding carboxylic acids is 1. The Hall–Kier alpha value is -1.59. The molecule has 0 spiro atoms. The smallest absolute Gasteiger partial charge is 0.221 e. The van der Waals surface area contributed by atoms with E-state index >= 15 is 0 Å². The van der Waals surface area contributed by atoms with Crippen molar-refractivity contribution in [2.45, 2.75) is 13.0 Å². The highest BCUT2D eigenvalue weighted by Crippen LogP contribution is 2.16. The maximum Gasteiger partial charge on any atom is 0.221 e. The SMILES string of the molecule is COc1ccccc1CNC(=O)CCN1CCOCC1. The Labute approximate surface area is 119 Å². The Bertz CT molecular complexity index is 431. The van der Waals surface area contributed by atoms with Gasteiger partial charge in [-0.1, -0.05) is 18.2 Å². The van der Waals surface area contributed by atoms with E-state index in [4.69, 9.17) is 9.47 Å². The maximum atomic E-state index is 11.8. The van der Waals surface area contributed by atoms with Crippen LogP contribution in [0.15, 0.2) is 24.3 Å². The molecule has 1 heterocycles. The van der Waals surface area contributed by atoms with E-state index in [2.05, 4.69) is 10.2 Å². The molecule has 1 fully saturated rings. The predicted octanol–water partition coefficient (Wildman–Crippen LogP) is 1.03. The molecule has 1 amide bonds. The second-order valence-electron chi connectivity index (χ2n) is 4.79. The van der Waals surface area contributed by atoms with Gasteiger partial charge < -0.3 is 14.8 Å². The lowest BCUT2D eigenvalue weighted by Gasteiger charge is -2.26. The van der Waals surface area contributed by atoms with Crippen molar-refractivity contribution < 1.29 is 14.3 Å². The summed E-state index contributed by atoms with van der Waals surface area (Å²) in [6.07, 6.45) is 0.523. The van der Waals surface area contributed by atoms with Crippen molar-refractivity contribution in [2.24, 2.45) is 0 Å². The first-order valence-electron chi connectivity index (χ1n) is 6.98. The number of rotatable bonds is 6. The summed E-state index contributed by atoms with van der Waals surface area (Å²) in [5, 5.41) is 2.94. The van der Waals surface area contributed by atoms with Gasteiger partial charge in [0, 0.05) is 38.2 Å². The fraction of sp³-hybridized carbons (Fsp3) is 0.533. The van der Waals surface area contributed by atoms with Gasteiger partial charge in [0.25, 0.3) is 0 Å². The van der Waals surface area contributed by atoms with E-state index in [1.54, 1.807) is 7.11 Å². The molecule has 0 aliphatic carbocycles. The van der Waals surface area contributed by atoms with Crippen LogP contribution in [0.3, 0.4) is 0 Å². The first-order chi connectivity index (χ1) is 9.79. The van der Waals surface area contributed by atoms with E-state index in [0.717, 1.165) is 44.2 Å². The fourth-order valence-corrected chi connectivity index (χ4v) is 2.22. The molecule has 20 heavy (non-hydrogen) atoms. The summed E-state index contributed by atoms with van der Waals surface area (Å²) in [7, 11) is 1.64. The minimum absolute atomic E-state index is 0.0717. The molecule has 0 radical (unpaired) electrons. The summed E-state index contributed by atoms with van der Waals surface area (Å²) in [5.74, 6) is 0.878. The Balaban J connectivity index is 1.71. The lowest BCUT2D eigenvalue weighted by Crippen LogP contribution is -2.38. The molecule has 5 nitrogen and oxygen atoms in total. The number of methoxy groups -OCH3 is 1. The van der Waals surface area contributed by atoms with E-state index in [-0.39, 0.29) is 5.91 Å². The van der Waals surface area contributed by atoms with Crippen LogP contribution >= 0.6 is 0 Å². The number of amides is 1. The number of ether oxygens (including phenoxy) is 2. The topological polar surface area (TPSA) is 50.8 Å². The average molecular weight is 278 g/mol. The zero-order chi connectivity index (χ0) is 14.2. The van der Waals surface area contributed by atoms with Gasteiger partial charge in [-0.2, -0.15) is 0 Å². The van der Waals surface area contributed by atoms with Crippen molar-refractivity contribution in [1.82, 2.24) is 10.2 Å². The van der Waals surface area contributed by atoms with Crippen molar-refractivity contribution in [1.29, 1.82) is 0 Å². The third-order valence-electron chi connectivity index (χ3n) is 3.43. The quantitative estimate of drug-likeness (QED) is 0.844. The third kappa shape index (κ3) is 4.51. The Kier molecular flexibility index (Phi) is 5.83. The number of hydrogen-bond acceptors (Lipinski definition) is 4. The Morgan fingerprint density at radius 1 is 1.35 bits per heavy atom. The van der Waals surface area contributed by atoms with Crippen LogP contribution in [0.2, 0.25) is 0 Å². The number of benzene rings is 1.